The second kappa shape index (κ2) is 65.9. The zero-order chi connectivity index (χ0) is 55.0. The number of aliphatic hydroxyl groups is 2. The van der Waals surface area contributed by atoms with Gasteiger partial charge in [0.1, 0.15) is 0 Å². The molecule has 3 N–H and O–H groups in total. The predicted octanol–water partition coefficient (Wildman–Crippen LogP) is 22.1. The minimum atomic E-state index is -0.668. The average Bonchev–Trinajstić information content (AvgIpc) is 3.42. The number of carbonyl (C=O) groups excluding carboxylic acids is 2. The van der Waals surface area contributed by atoms with Crippen LogP contribution >= 0.6 is 0 Å². The number of unbranched alkanes of at least 4 members (excludes halogenated alkanes) is 50. The molecule has 2 unspecified atom stereocenters. The standard InChI is InChI=1S/C70H135NO5/c1-3-5-7-9-11-13-15-17-19-20-21-22-23-24-25-26-28-31-35-38-42-46-50-54-58-62-68(73)67(66-72)71-69(74)63-59-55-51-47-43-39-36-32-29-27-30-33-37-41-45-49-53-57-61-65-76-70(75)64-60-56-52-48-44-40-34-18-16-14-12-10-8-6-4-2/h12,14,18,34,67-68,72-73H,3-11,13,15-17,19-33,35-66H2,1-2H3,(H,71,74)/b14-12-,34-18-. The number of ether oxygens (including phenoxy) is 1. The van der Waals surface area contributed by atoms with Crippen molar-refractivity contribution in [3.8, 4) is 0 Å². The van der Waals surface area contributed by atoms with Crippen LogP contribution in [0, 0.1) is 0 Å². The molecule has 0 fully saturated rings. The number of aliphatic hydroxyl groups excluding tert-OH is 2. The van der Waals surface area contributed by atoms with E-state index in [1.54, 1.807) is 0 Å². The summed E-state index contributed by atoms with van der Waals surface area (Å²) in [6.07, 6.45) is 82.1. The fraction of sp³-hybridized carbons (Fsp3) is 0.914. The molecule has 0 aromatic heterocycles. The summed E-state index contributed by atoms with van der Waals surface area (Å²) in [5.41, 5.74) is 0. The Hall–Kier alpha value is -1.66. The van der Waals surface area contributed by atoms with Crippen molar-refractivity contribution in [1.29, 1.82) is 0 Å². The Morgan fingerprint density at radius 3 is 1.03 bits per heavy atom. The Kier molecular flexibility index (Phi) is 64.4. The number of allylic oxidation sites excluding steroid dienone is 4. The third kappa shape index (κ3) is 61.6. The largest absolute Gasteiger partial charge is 0.466 e. The number of carbonyl (C=O) groups is 2. The van der Waals surface area contributed by atoms with Gasteiger partial charge in [-0.3, -0.25) is 9.59 Å². The Labute approximate surface area is 475 Å². The quantitative estimate of drug-likeness (QED) is 0.0320. The molecular formula is C70H135NO5. The number of esters is 1. The molecule has 0 rings (SSSR count). The van der Waals surface area contributed by atoms with E-state index in [4.69, 9.17) is 4.74 Å². The maximum atomic E-state index is 12.6. The Morgan fingerprint density at radius 2 is 0.658 bits per heavy atom. The molecule has 450 valence electrons. The summed E-state index contributed by atoms with van der Waals surface area (Å²) >= 11 is 0. The van der Waals surface area contributed by atoms with Gasteiger partial charge in [0.25, 0.3) is 0 Å². The van der Waals surface area contributed by atoms with E-state index in [-0.39, 0.29) is 18.5 Å². The topological polar surface area (TPSA) is 95.9 Å². The van der Waals surface area contributed by atoms with E-state index in [1.807, 2.05) is 0 Å². The van der Waals surface area contributed by atoms with Crippen molar-refractivity contribution in [3.05, 3.63) is 24.3 Å². The van der Waals surface area contributed by atoms with Gasteiger partial charge in [0.05, 0.1) is 25.4 Å². The molecule has 0 saturated heterocycles. The lowest BCUT2D eigenvalue weighted by atomic mass is 10.0. The fourth-order valence-corrected chi connectivity index (χ4v) is 11.0. The van der Waals surface area contributed by atoms with E-state index in [9.17, 15) is 19.8 Å². The molecule has 0 radical (unpaired) electrons. The molecule has 2 atom stereocenters. The average molecular weight is 1070 g/mol. The fourth-order valence-electron chi connectivity index (χ4n) is 11.0. The van der Waals surface area contributed by atoms with Gasteiger partial charge < -0.3 is 20.3 Å². The zero-order valence-corrected chi connectivity index (χ0v) is 51.5. The molecule has 0 spiro atoms. The highest BCUT2D eigenvalue weighted by molar-refractivity contribution is 5.76. The van der Waals surface area contributed by atoms with E-state index >= 15 is 0 Å². The molecule has 76 heavy (non-hydrogen) atoms. The van der Waals surface area contributed by atoms with Crippen molar-refractivity contribution in [3.63, 3.8) is 0 Å². The van der Waals surface area contributed by atoms with E-state index in [0.29, 0.717) is 25.9 Å². The van der Waals surface area contributed by atoms with Gasteiger partial charge in [-0.05, 0) is 57.8 Å². The summed E-state index contributed by atoms with van der Waals surface area (Å²) in [6.45, 7) is 4.95. The summed E-state index contributed by atoms with van der Waals surface area (Å²) in [4.78, 5) is 24.6. The highest BCUT2D eigenvalue weighted by Gasteiger charge is 2.20. The highest BCUT2D eigenvalue weighted by Crippen LogP contribution is 2.19. The summed E-state index contributed by atoms with van der Waals surface area (Å²) in [7, 11) is 0. The molecule has 0 bridgehead atoms. The van der Waals surface area contributed by atoms with Crippen molar-refractivity contribution in [2.45, 2.75) is 398 Å². The van der Waals surface area contributed by atoms with Crippen molar-refractivity contribution in [2.24, 2.45) is 0 Å². The minimum absolute atomic E-state index is 0.00385. The Bertz CT molecular complexity index is 1190. The van der Waals surface area contributed by atoms with Crippen molar-refractivity contribution >= 4 is 11.9 Å². The first-order valence-electron chi connectivity index (χ1n) is 34.6. The summed E-state index contributed by atoms with van der Waals surface area (Å²) in [6, 6.07) is -0.546. The summed E-state index contributed by atoms with van der Waals surface area (Å²) < 4.78 is 5.48. The lowest BCUT2D eigenvalue weighted by Crippen LogP contribution is -2.45. The molecule has 0 aliphatic rings. The van der Waals surface area contributed by atoms with Crippen LogP contribution in [0.4, 0.5) is 0 Å². The van der Waals surface area contributed by atoms with Crippen LogP contribution in [0.5, 0.6) is 0 Å². The highest BCUT2D eigenvalue weighted by atomic mass is 16.5. The maximum Gasteiger partial charge on any atom is 0.305 e. The number of nitrogens with one attached hydrogen (secondary N) is 1. The number of hydrogen-bond donors (Lipinski definition) is 3. The smallest absolute Gasteiger partial charge is 0.305 e. The lowest BCUT2D eigenvalue weighted by Gasteiger charge is -2.22. The first kappa shape index (κ1) is 74.3. The van der Waals surface area contributed by atoms with Gasteiger partial charge in [0.15, 0.2) is 0 Å². The third-order valence-corrected chi connectivity index (χ3v) is 16.3. The normalized spacial score (nSPS) is 12.6. The van der Waals surface area contributed by atoms with Crippen molar-refractivity contribution in [2.75, 3.05) is 13.2 Å². The van der Waals surface area contributed by atoms with Gasteiger partial charge in [-0.15, -0.1) is 0 Å². The molecule has 6 nitrogen and oxygen atoms in total. The third-order valence-electron chi connectivity index (χ3n) is 16.3. The second-order valence-electron chi connectivity index (χ2n) is 23.9. The molecule has 0 aliphatic heterocycles. The Balaban J connectivity index is 3.40. The first-order valence-corrected chi connectivity index (χ1v) is 34.6. The van der Waals surface area contributed by atoms with Gasteiger partial charge in [0, 0.05) is 12.8 Å². The van der Waals surface area contributed by atoms with Crippen LogP contribution < -0.4 is 5.32 Å². The monoisotopic (exact) mass is 1070 g/mol. The van der Waals surface area contributed by atoms with Crippen LogP contribution in [0.1, 0.15) is 386 Å². The SMILES string of the molecule is CCCCC/C=C\C/C=C\CCCCCCCC(=O)OCCCCCCCCCCCCCCCCCCCCCC(=O)NC(CO)C(O)CCCCCCCCCCCCCCCCCCCCCCCCCCC. The van der Waals surface area contributed by atoms with Gasteiger partial charge in [-0.2, -0.15) is 0 Å². The first-order chi connectivity index (χ1) is 37.5. The maximum absolute atomic E-state index is 12.6. The van der Waals surface area contributed by atoms with Gasteiger partial charge in [-0.1, -0.05) is 340 Å². The van der Waals surface area contributed by atoms with E-state index in [2.05, 4.69) is 43.5 Å². The number of rotatable bonds is 65. The molecule has 0 aromatic rings. The number of amides is 1. The van der Waals surface area contributed by atoms with E-state index in [1.165, 1.54) is 302 Å². The van der Waals surface area contributed by atoms with Crippen molar-refractivity contribution in [1.82, 2.24) is 5.32 Å². The Morgan fingerprint density at radius 1 is 0.368 bits per heavy atom. The molecule has 0 heterocycles. The molecule has 0 aliphatic carbocycles. The summed E-state index contributed by atoms with van der Waals surface area (Å²) in [5.74, 6) is -0.0373. The summed E-state index contributed by atoms with van der Waals surface area (Å²) in [5, 5.41) is 23.4. The van der Waals surface area contributed by atoms with Crippen molar-refractivity contribution < 1.29 is 24.5 Å². The molecule has 0 aromatic carbocycles. The number of hydrogen-bond acceptors (Lipinski definition) is 5. The van der Waals surface area contributed by atoms with E-state index in [0.717, 1.165) is 51.4 Å². The minimum Gasteiger partial charge on any atom is -0.466 e. The van der Waals surface area contributed by atoms with Crippen LogP contribution in [0.25, 0.3) is 0 Å². The van der Waals surface area contributed by atoms with Crippen LogP contribution in [-0.4, -0.2) is 47.4 Å². The van der Waals surface area contributed by atoms with Gasteiger partial charge in [-0.25, -0.2) is 0 Å². The molecule has 0 saturated carbocycles. The predicted molar refractivity (Wildman–Crippen MR) is 333 cm³/mol. The van der Waals surface area contributed by atoms with Crippen LogP contribution in [0.2, 0.25) is 0 Å². The van der Waals surface area contributed by atoms with Crippen LogP contribution in [0.15, 0.2) is 24.3 Å². The molecule has 6 heteroatoms. The molecular weight excluding hydrogens is 935 g/mol. The lowest BCUT2D eigenvalue weighted by molar-refractivity contribution is -0.143. The zero-order valence-electron chi connectivity index (χ0n) is 51.5. The van der Waals surface area contributed by atoms with Crippen LogP contribution in [0.3, 0.4) is 0 Å². The van der Waals surface area contributed by atoms with E-state index < -0.39 is 12.1 Å². The molecule has 1 amide bonds. The second-order valence-corrected chi connectivity index (χ2v) is 23.9. The van der Waals surface area contributed by atoms with Crippen LogP contribution in [-0.2, 0) is 14.3 Å². The van der Waals surface area contributed by atoms with Gasteiger partial charge >= 0.3 is 5.97 Å². The van der Waals surface area contributed by atoms with Gasteiger partial charge in [0.2, 0.25) is 5.91 Å².